The van der Waals surface area contributed by atoms with Gasteiger partial charge in [0, 0.05) is 36.4 Å². The maximum Gasteiger partial charge on any atom is 0.326 e. The van der Waals surface area contributed by atoms with Crippen molar-refractivity contribution in [1.29, 1.82) is 0 Å². The van der Waals surface area contributed by atoms with E-state index in [0.717, 1.165) is 10.9 Å². The first kappa shape index (κ1) is 33.6. The van der Waals surface area contributed by atoms with Crippen LogP contribution in [0.4, 0.5) is 0 Å². The number of phenolic OH excluding ortho intramolecular Hbond substituents is 1. The van der Waals surface area contributed by atoms with Crippen LogP contribution in [-0.4, -0.2) is 69.0 Å². The molecular weight excluding hydrogens is 568 g/mol. The number of carbonyl (C=O) groups is 5. The van der Waals surface area contributed by atoms with E-state index in [1.165, 1.54) is 12.1 Å². The average Bonchev–Trinajstić information content (AvgIpc) is 3.38. The molecule has 0 radical (unpaired) electrons. The predicted molar refractivity (Wildman–Crippen MR) is 163 cm³/mol. The van der Waals surface area contributed by atoms with Gasteiger partial charge in [-0.25, -0.2) is 4.79 Å². The Bertz CT molecular complexity index is 1470. The van der Waals surface area contributed by atoms with E-state index >= 15 is 0 Å². The van der Waals surface area contributed by atoms with Crippen LogP contribution in [0.5, 0.6) is 5.75 Å². The number of benzene rings is 2. The molecule has 0 saturated carbocycles. The van der Waals surface area contributed by atoms with Crippen molar-refractivity contribution in [2.45, 2.75) is 70.1 Å². The van der Waals surface area contributed by atoms with Crippen LogP contribution < -0.4 is 27.4 Å². The Labute approximate surface area is 254 Å². The molecule has 44 heavy (non-hydrogen) atoms. The van der Waals surface area contributed by atoms with Gasteiger partial charge in [0.05, 0.1) is 6.04 Å². The van der Waals surface area contributed by atoms with Crippen molar-refractivity contribution in [3.63, 3.8) is 0 Å². The molecule has 3 rings (SSSR count). The van der Waals surface area contributed by atoms with Gasteiger partial charge >= 0.3 is 5.97 Å². The highest BCUT2D eigenvalue weighted by atomic mass is 16.4. The number of fused-ring (bicyclic) bond motifs is 1. The van der Waals surface area contributed by atoms with Crippen molar-refractivity contribution >= 4 is 40.5 Å². The lowest BCUT2D eigenvalue weighted by Gasteiger charge is -2.26. The highest BCUT2D eigenvalue weighted by Gasteiger charge is 2.31. The molecule has 13 heteroatoms. The molecule has 0 fully saturated rings. The minimum Gasteiger partial charge on any atom is -0.508 e. The van der Waals surface area contributed by atoms with Gasteiger partial charge in [0.1, 0.15) is 23.9 Å². The molecule has 13 nitrogen and oxygen atoms in total. The quantitative estimate of drug-likeness (QED) is 0.116. The monoisotopic (exact) mass is 608 g/mol. The van der Waals surface area contributed by atoms with Gasteiger partial charge in [0.25, 0.3) is 0 Å². The van der Waals surface area contributed by atoms with E-state index in [-0.39, 0.29) is 43.8 Å². The van der Waals surface area contributed by atoms with Crippen LogP contribution >= 0.6 is 0 Å². The molecular formula is C31H40N6O7. The second kappa shape index (κ2) is 15.5. The minimum absolute atomic E-state index is 0.000384. The van der Waals surface area contributed by atoms with Gasteiger partial charge in [-0.2, -0.15) is 0 Å². The number of carboxylic acid groups (broad SMARTS) is 1. The molecule has 3 aromatic rings. The Balaban J connectivity index is 1.85. The zero-order chi connectivity index (χ0) is 32.4. The van der Waals surface area contributed by atoms with Crippen molar-refractivity contribution in [3.05, 3.63) is 65.9 Å². The number of aromatic amines is 1. The highest BCUT2D eigenvalue weighted by molar-refractivity contribution is 5.95. The normalized spacial score (nSPS) is 13.9. The lowest BCUT2D eigenvalue weighted by Crippen LogP contribution is -2.58. The molecule has 1 aromatic heterocycles. The number of aromatic nitrogens is 1. The first-order valence-corrected chi connectivity index (χ1v) is 14.3. The van der Waals surface area contributed by atoms with Gasteiger partial charge in [-0.1, -0.05) is 44.2 Å². The third kappa shape index (κ3) is 9.83. The van der Waals surface area contributed by atoms with Crippen LogP contribution in [0.1, 0.15) is 44.2 Å². The number of para-hydroxylation sites is 1. The molecule has 10 N–H and O–H groups in total. The zero-order valence-corrected chi connectivity index (χ0v) is 24.7. The molecule has 236 valence electrons. The van der Waals surface area contributed by atoms with E-state index in [4.69, 9.17) is 11.5 Å². The molecule has 0 saturated heterocycles. The van der Waals surface area contributed by atoms with Gasteiger partial charge in [0.15, 0.2) is 0 Å². The summed E-state index contributed by atoms with van der Waals surface area (Å²) in [5.74, 6) is -3.94. The maximum absolute atomic E-state index is 13.6. The summed E-state index contributed by atoms with van der Waals surface area (Å²) in [4.78, 5) is 66.3. The van der Waals surface area contributed by atoms with E-state index in [1.807, 2.05) is 38.1 Å². The smallest absolute Gasteiger partial charge is 0.326 e. The van der Waals surface area contributed by atoms with Crippen LogP contribution in [0.2, 0.25) is 0 Å². The molecule has 4 unspecified atom stereocenters. The van der Waals surface area contributed by atoms with Crippen molar-refractivity contribution in [1.82, 2.24) is 20.9 Å². The number of hydrogen-bond donors (Lipinski definition) is 8. The second-order valence-electron chi connectivity index (χ2n) is 11.2. The first-order chi connectivity index (χ1) is 20.8. The summed E-state index contributed by atoms with van der Waals surface area (Å²) in [7, 11) is 0. The molecule has 4 atom stereocenters. The number of rotatable bonds is 16. The van der Waals surface area contributed by atoms with Crippen LogP contribution in [0.25, 0.3) is 10.9 Å². The van der Waals surface area contributed by atoms with E-state index < -0.39 is 53.8 Å². The number of carbonyl (C=O) groups excluding carboxylic acids is 4. The molecule has 0 aliphatic rings. The standard InChI is InChI=1S/C31H40N6O7/c1-17(2)13-24(35-28(40)22(32)11-12-27(33)39)29(41)36-25(15-19-16-34-23-6-4-3-5-21(19)23)30(42)37-26(31(43)44)14-18-7-9-20(38)10-8-18/h3-10,16-17,22,24-26,34,38H,11-15,32H2,1-2H3,(H2,33,39)(H,35,40)(H,36,41)(H,37,42)(H,43,44). The fourth-order valence-electron chi connectivity index (χ4n) is 4.75. The lowest BCUT2D eigenvalue weighted by molar-refractivity contribution is -0.142. The summed E-state index contributed by atoms with van der Waals surface area (Å²) < 4.78 is 0. The summed E-state index contributed by atoms with van der Waals surface area (Å²) in [6.45, 7) is 3.72. The zero-order valence-electron chi connectivity index (χ0n) is 24.7. The topological polar surface area (TPSA) is 230 Å². The number of aromatic hydroxyl groups is 1. The van der Waals surface area contributed by atoms with Crippen molar-refractivity contribution < 1.29 is 34.2 Å². The second-order valence-corrected chi connectivity index (χ2v) is 11.2. The number of nitrogens with one attached hydrogen (secondary N) is 4. The van der Waals surface area contributed by atoms with Crippen LogP contribution in [0.3, 0.4) is 0 Å². The molecule has 0 aliphatic carbocycles. The number of hydrogen-bond acceptors (Lipinski definition) is 7. The third-order valence-corrected chi connectivity index (χ3v) is 7.10. The SMILES string of the molecule is CC(C)CC(NC(=O)C(N)CCC(N)=O)C(=O)NC(Cc1c[nH]c2ccccc12)C(=O)NC(Cc1ccc(O)cc1)C(=O)O. The van der Waals surface area contributed by atoms with Gasteiger partial charge in [0.2, 0.25) is 23.6 Å². The van der Waals surface area contributed by atoms with Crippen LogP contribution in [0, 0.1) is 5.92 Å². The fourth-order valence-corrected chi connectivity index (χ4v) is 4.75. The summed E-state index contributed by atoms with van der Waals surface area (Å²) in [5.41, 5.74) is 13.2. The Hall–Kier alpha value is -4.91. The van der Waals surface area contributed by atoms with E-state index in [1.54, 1.807) is 18.3 Å². The fraction of sp³-hybridized carbons (Fsp3) is 0.387. The average molecular weight is 609 g/mol. The van der Waals surface area contributed by atoms with Crippen molar-refractivity contribution in [2.24, 2.45) is 17.4 Å². The molecule has 0 bridgehead atoms. The number of aliphatic carboxylic acids is 1. The van der Waals surface area contributed by atoms with Gasteiger partial charge in [-0.05, 0) is 48.1 Å². The number of nitrogens with two attached hydrogens (primary N) is 2. The molecule has 2 aromatic carbocycles. The molecule has 0 aliphatic heterocycles. The summed E-state index contributed by atoms with van der Waals surface area (Å²) >= 11 is 0. The van der Waals surface area contributed by atoms with Gasteiger partial charge in [-0.15, -0.1) is 0 Å². The summed E-state index contributed by atoms with van der Waals surface area (Å²) in [6.07, 6.45) is 1.79. The maximum atomic E-state index is 13.6. The number of amides is 4. The Morgan fingerprint density at radius 2 is 1.45 bits per heavy atom. The largest absolute Gasteiger partial charge is 0.508 e. The van der Waals surface area contributed by atoms with Crippen molar-refractivity contribution in [3.8, 4) is 5.75 Å². The summed E-state index contributed by atoms with van der Waals surface area (Å²) in [6, 6.07) is 8.66. The molecule has 4 amide bonds. The van der Waals surface area contributed by atoms with E-state index in [9.17, 15) is 34.2 Å². The van der Waals surface area contributed by atoms with Crippen LogP contribution in [-0.2, 0) is 36.8 Å². The first-order valence-electron chi connectivity index (χ1n) is 14.3. The van der Waals surface area contributed by atoms with E-state index in [0.29, 0.717) is 11.1 Å². The minimum atomic E-state index is -1.33. The van der Waals surface area contributed by atoms with Gasteiger partial charge < -0.3 is 42.6 Å². The number of carboxylic acids is 1. The van der Waals surface area contributed by atoms with Gasteiger partial charge in [-0.3, -0.25) is 19.2 Å². The van der Waals surface area contributed by atoms with Crippen molar-refractivity contribution in [2.75, 3.05) is 0 Å². The predicted octanol–water partition coefficient (Wildman–Crippen LogP) is 0.837. The lowest BCUT2D eigenvalue weighted by atomic mass is 9.99. The van der Waals surface area contributed by atoms with E-state index in [2.05, 4.69) is 20.9 Å². The van der Waals surface area contributed by atoms with Crippen LogP contribution in [0.15, 0.2) is 54.7 Å². The Morgan fingerprint density at radius 3 is 2.09 bits per heavy atom. The highest BCUT2D eigenvalue weighted by Crippen LogP contribution is 2.20. The molecule has 0 spiro atoms. The number of H-pyrrole nitrogens is 1. The number of primary amides is 1. The molecule has 1 heterocycles. The Kier molecular flexibility index (Phi) is 11.9. The Morgan fingerprint density at radius 1 is 0.841 bits per heavy atom. The summed E-state index contributed by atoms with van der Waals surface area (Å²) in [5, 5.41) is 28.1. The number of phenols is 1. The third-order valence-electron chi connectivity index (χ3n) is 7.10.